The molecular formula is C29H25NO2. The van der Waals surface area contributed by atoms with E-state index in [-0.39, 0.29) is 17.4 Å². The predicted octanol–water partition coefficient (Wildman–Crippen LogP) is 6.65. The van der Waals surface area contributed by atoms with Crippen LogP contribution in [-0.2, 0) is 0 Å². The summed E-state index contributed by atoms with van der Waals surface area (Å²) in [6.45, 7) is 0. The second-order valence-electron chi connectivity index (χ2n) is 8.36. The molecule has 0 atom stereocenters. The maximum atomic E-state index is 10.5. The number of hydrogen-bond acceptors (Lipinski definition) is 3. The van der Waals surface area contributed by atoms with Crippen molar-refractivity contribution in [3.8, 4) is 11.5 Å². The number of nitrogens with zero attached hydrogens (tertiary/aromatic N) is 1. The molecule has 0 amide bonds. The van der Waals surface area contributed by atoms with Gasteiger partial charge in [-0.1, -0.05) is 72.8 Å². The minimum Gasteiger partial charge on any atom is -0.507 e. The lowest BCUT2D eigenvalue weighted by Gasteiger charge is -2.24. The fraction of sp³-hybridized carbons (Fsp3) is 0.103. The van der Waals surface area contributed by atoms with Gasteiger partial charge in [0.05, 0.1) is 0 Å². The predicted molar refractivity (Wildman–Crippen MR) is 133 cm³/mol. The van der Waals surface area contributed by atoms with E-state index in [4.69, 9.17) is 0 Å². The lowest BCUT2D eigenvalue weighted by molar-refractivity contribution is 0.481. The molecule has 0 saturated heterocycles. The van der Waals surface area contributed by atoms with E-state index < -0.39 is 0 Å². The smallest absolute Gasteiger partial charge is 0.123 e. The van der Waals surface area contributed by atoms with Gasteiger partial charge >= 0.3 is 0 Å². The Morgan fingerprint density at radius 3 is 1.41 bits per heavy atom. The van der Waals surface area contributed by atoms with Crippen LogP contribution in [0.2, 0.25) is 0 Å². The van der Waals surface area contributed by atoms with Gasteiger partial charge in [0.15, 0.2) is 0 Å². The van der Waals surface area contributed by atoms with Gasteiger partial charge in [0.2, 0.25) is 0 Å². The molecule has 5 aromatic carbocycles. The van der Waals surface area contributed by atoms with Gasteiger partial charge in [-0.3, -0.25) is 0 Å². The van der Waals surface area contributed by atoms with E-state index in [9.17, 15) is 10.2 Å². The van der Waals surface area contributed by atoms with Crippen molar-refractivity contribution >= 4 is 27.2 Å². The Morgan fingerprint density at radius 1 is 0.531 bits per heavy atom. The van der Waals surface area contributed by atoms with Crippen LogP contribution < -0.4 is 4.90 Å². The summed E-state index contributed by atoms with van der Waals surface area (Å²) in [7, 11) is 4.07. The molecule has 0 aliphatic carbocycles. The molecular weight excluding hydrogens is 394 g/mol. The third-order valence-electron chi connectivity index (χ3n) is 6.23. The van der Waals surface area contributed by atoms with Crippen molar-refractivity contribution in [2.75, 3.05) is 19.0 Å². The zero-order valence-corrected chi connectivity index (χ0v) is 18.2. The van der Waals surface area contributed by atoms with Crippen LogP contribution in [0.1, 0.15) is 22.6 Å². The summed E-state index contributed by atoms with van der Waals surface area (Å²) in [4.78, 5) is 2.09. The molecule has 5 rings (SSSR count). The highest BCUT2D eigenvalue weighted by molar-refractivity contribution is 5.95. The summed E-state index contributed by atoms with van der Waals surface area (Å²) in [5.74, 6) is 0.491. The summed E-state index contributed by atoms with van der Waals surface area (Å²) in [6, 6.07) is 32.1. The Balaban J connectivity index is 1.83. The van der Waals surface area contributed by atoms with Crippen molar-refractivity contribution in [3.05, 3.63) is 114 Å². The fourth-order valence-electron chi connectivity index (χ4n) is 4.61. The van der Waals surface area contributed by atoms with E-state index >= 15 is 0 Å². The molecule has 0 saturated carbocycles. The lowest BCUT2D eigenvalue weighted by Crippen LogP contribution is -2.09. The first kappa shape index (κ1) is 20.0. The molecule has 0 radical (unpaired) electrons. The SMILES string of the molecule is CN(C)c1ccc(C(c2ccc(O)c3ccccc23)c2ccc(O)c3ccccc23)cc1. The Morgan fingerprint density at radius 2 is 0.969 bits per heavy atom. The van der Waals surface area contributed by atoms with Gasteiger partial charge in [-0.15, -0.1) is 0 Å². The van der Waals surface area contributed by atoms with E-state index in [0.717, 1.165) is 43.9 Å². The Hall–Kier alpha value is -3.98. The fourth-order valence-corrected chi connectivity index (χ4v) is 4.61. The van der Waals surface area contributed by atoms with Crippen LogP contribution in [0.4, 0.5) is 5.69 Å². The van der Waals surface area contributed by atoms with Crippen molar-refractivity contribution < 1.29 is 10.2 Å². The highest BCUT2D eigenvalue weighted by atomic mass is 16.3. The minimum atomic E-state index is -0.0674. The van der Waals surface area contributed by atoms with Crippen molar-refractivity contribution in [2.45, 2.75) is 5.92 Å². The number of phenolic OH excluding ortho intramolecular Hbond substituents is 2. The largest absolute Gasteiger partial charge is 0.507 e. The third kappa shape index (κ3) is 3.32. The molecule has 32 heavy (non-hydrogen) atoms. The molecule has 0 heterocycles. The zero-order valence-electron chi connectivity index (χ0n) is 18.2. The molecule has 0 spiro atoms. The minimum absolute atomic E-state index is 0.0674. The molecule has 0 aliphatic rings. The Labute approximate surface area is 187 Å². The van der Waals surface area contributed by atoms with Gasteiger partial charge in [0.1, 0.15) is 11.5 Å². The number of benzene rings is 5. The molecule has 0 aromatic heterocycles. The second-order valence-corrected chi connectivity index (χ2v) is 8.36. The average molecular weight is 420 g/mol. The monoisotopic (exact) mass is 419 g/mol. The van der Waals surface area contributed by atoms with E-state index in [1.54, 1.807) is 12.1 Å². The van der Waals surface area contributed by atoms with Crippen LogP contribution in [0.15, 0.2) is 97.1 Å². The molecule has 3 nitrogen and oxygen atoms in total. The second kappa shape index (κ2) is 7.93. The molecule has 5 aromatic rings. The first-order chi connectivity index (χ1) is 15.5. The van der Waals surface area contributed by atoms with E-state index in [1.165, 1.54) is 0 Å². The summed E-state index contributed by atoms with van der Waals surface area (Å²) < 4.78 is 0. The number of anilines is 1. The number of rotatable bonds is 4. The van der Waals surface area contributed by atoms with Gasteiger partial charge in [0.25, 0.3) is 0 Å². The third-order valence-corrected chi connectivity index (χ3v) is 6.23. The topological polar surface area (TPSA) is 43.7 Å². The van der Waals surface area contributed by atoms with Crippen molar-refractivity contribution in [1.29, 1.82) is 0 Å². The first-order valence-electron chi connectivity index (χ1n) is 10.7. The normalized spacial score (nSPS) is 11.3. The molecule has 0 fully saturated rings. The molecule has 0 bridgehead atoms. The van der Waals surface area contributed by atoms with Crippen LogP contribution in [-0.4, -0.2) is 24.3 Å². The van der Waals surface area contributed by atoms with Gasteiger partial charge in [-0.05, 0) is 51.7 Å². The van der Waals surface area contributed by atoms with Crippen LogP contribution in [0, 0.1) is 0 Å². The lowest BCUT2D eigenvalue weighted by atomic mass is 9.80. The van der Waals surface area contributed by atoms with Gasteiger partial charge < -0.3 is 15.1 Å². The molecule has 2 N–H and O–H groups in total. The maximum absolute atomic E-state index is 10.5. The average Bonchev–Trinajstić information content (AvgIpc) is 2.83. The molecule has 0 unspecified atom stereocenters. The van der Waals surface area contributed by atoms with Crippen LogP contribution in [0.3, 0.4) is 0 Å². The molecule has 3 heteroatoms. The summed E-state index contributed by atoms with van der Waals surface area (Å²) in [5.41, 5.74) is 4.53. The van der Waals surface area contributed by atoms with Crippen LogP contribution in [0.25, 0.3) is 21.5 Å². The quantitative estimate of drug-likeness (QED) is 0.321. The molecule has 0 aliphatic heterocycles. The maximum Gasteiger partial charge on any atom is 0.123 e. The summed E-state index contributed by atoms with van der Waals surface area (Å²) in [6.07, 6.45) is 0. The van der Waals surface area contributed by atoms with Crippen molar-refractivity contribution in [2.24, 2.45) is 0 Å². The van der Waals surface area contributed by atoms with Crippen molar-refractivity contribution in [3.63, 3.8) is 0 Å². The van der Waals surface area contributed by atoms with E-state index in [2.05, 4.69) is 41.3 Å². The standard InChI is InChI=1S/C29H25NO2/c1-30(2)20-13-11-19(12-14-20)29(25-15-17-27(31)23-9-5-3-7-21(23)25)26-16-18-28(32)24-10-6-4-8-22(24)26/h3-18,29,31-32H,1-2H3. The van der Waals surface area contributed by atoms with E-state index in [0.29, 0.717) is 0 Å². The van der Waals surface area contributed by atoms with Gasteiger partial charge in [-0.2, -0.15) is 0 Å². The van der Waals surface area contributed by atoms with E-state index in [1.807, 2.05) is 62.6 Å². The number of hydrogen-bond donors (Lipinski definition) is 2. The van der Waals surface area contributed by atoms with Crippen LogP contribution >= 0.6 is 0 Å². The number of phenols is 2. The Bertz CT molecular complexity index is 1340. The number of aromatic hydroxyl groups is 2. The summed E-state index contributed by atoms with van der Waals surface area (Å²) >= 11 is 0. The first-order valence-corrected chi connectivity index (χ1v) is 10.7. The zero-order chi connectivity index (χ0) is 22.2. The number of fused-ring (bicyclic) bond motifs is 2. The van der Waals surface area contributed by atoms with Crippen molar-refractivity contribution in [1.82, 2.24) is 0 Å². The Kier molecular flexibility index (Phi) is 4.95. The van der Waals surface area contributed by atoms with Crippen LogP contribution in [0.5, 0.6) is 11.5 Å². The molecule has 158 valence electrons. The highest BCUT2D eigenvalue weighted by Gasteiger charge is 2.22. The van der Waals surface area contributed by atoms with Gasteiger partial charge in [0, 0.05) is 36.5 Å². The highest BCUT2D eigenvalue weighted by Crippen LogP contribution is 2.42. The van der Waals surface area contributed by atoms with Gasteiger partial charge in [-0.25, -0.2) is 0 Å². The summed E-state index contributed by atoms with van der Waals surface area (Å²) in [5, 5.41) is 24.7.